The molecule has 1 aromatic heterocycles. The second kappa shape index (κ2) is 9.38. The molecule has 174 valence electrons. The zero-order valence-electron chi connectivity index (χ0n) is 19.1. The van der Waals surface area contributed by atoms with Crippen molar-refractivity contribution in [1.29, 1.82) is 0 Å². The van der Waals surface area contributed by atoms with Crippen molar-refractivity contribution in [2.45, 2.75) is 0 Å². The van der Waals surface area contributed by atoms with E-state index in [1.165, 1.54) is 12.4 Å². The van der Waals surface area contributed by atoms with E-state index >= 15 is 0 Å². The van der Waals surface area contributed by atoms with Gasteiger partial charge in [0.2, 0.25) is 0 Å². The number of hydroxylamine groups is 3. The number of nitrogens with zero attached hydrogens (tertiary/aromatic N) is 2. The normalized spacial score (nSPS) is 17.0. The number of morpholine rings is 1. The quantitative estimate of drug-likeness (QED) is 0.308. The number of rotatable bonds is 7. The fraction of sp³-hybridized carbons (Fsp3) is 0.259. The summed E-state index contributed by atoms with van der Waals surface area (Å²) in [7, 11) is 1.72. The molecule has 0 N–H and O–H groups in total. The van der Waals surface area contributed by atoms with Crippen LogP contribution in [0.15, 0.2) is 73.1 Å². The van der Waals surface area contributed by atoms with Crippen molar-refractivity contribution >= 4 is 16.9 Å². The lowest BCUT2D eigenvalue weighted by Gasteiger charge is -2.36. The number of fused-ring (bicyclic) bond motifs is 1. The van der Waals surface area contributed by atoms with Crippen molar-refractivity contribution < 1.29 is 28.5 Å². The van der Waals surface area contributed by atoms with Crippen molar-refractivity contribution in [3.05, 3.63) is 101 Å². The second-order valence-electron chi connectivity index (χ2n) is 8.48. The average Bonchev–Trinajstić information content (AvgIpc) is 3.17. The van der Waals surface area contributed by atoms with Crippen LogP contribution < -0.4 is 9.47 Å². The number of Topliss-reactive ketones (excluding diaryl/α,β-unsaturated/α-hetero) is 1. The van der Waals surface area contributed by atoms with Crippen LogP contribution in [0.4, 0.5) is 0 Å². The van der Waals surface area contributed by atoms with E-state index in [1.807, 2.05) is 42.5 Å². The smallest absolute Gasteiger partial charge is 0.195 e. The summed E-state index contributed by atoms with van der Waals surface area (Å²) in [6, 6.07) is 18.9. The number of ether oxygens (including phenoxy) is 2. The zero-order valence-corrected chi connectivity index (χ0v) is 19.1. The summed E-state index contributed by atoms with van der Waals surface area (Å²) in [6.45, 7) is 4.06. The molecule has 0 spiro atoms. The molecular formula is C27H27N2O5+. The summed E-state index contributed by atoms with van der Waals surface area (Å²) < 4.78 is 12.7. The Balaban J connectivity index is 1.44. The van der Waals surface area contributed by atoms with Crippen LogP contribution in [0.25, 0.3) is 11.1 Å². The minimum Gasteiger partial charge on any atom is -0.619 e. The average molecular weight is 460 g/mol. The second-order valence-corrected chi connectivity index (χ2v) is 8.48. The van der Waals surface area contributed by atoms with Crippen LogP contribution in [-0.4, -0.2) is 57.0 Å². The highest BCUT2D eigenvalue weighted by atomic mass is 16.7. The van der Waals surface area contributed by atoms with E-state index in [1.54, 1.807) is 25.3 Å². The van der Waals surface area contributed by atoms with Gasteiger partial charge in [-0.3, -0.25) is 4.79 Å². The fourth-order valence-corrected chi connectivity index (χ4v) is 4.69. The highest BCUT2D eigenvalue weighted by Gasteiger charge is 2.34. The summed E-state index contributed by atoms with van der Waals surface area (Å²) >= 11 is 0. The van der Waals surface area contributed by atoms with Crippen LogP contribution in [0.1, 0.15) is 27.0 Å². The number of ketones is 1. The van der Waals surface area contributed by atoms with E-state index in [9.17, 15) is 10.0 Å². The first kappa shape index (κ1) is 22.3. The summed E-state index contributed by atoms with van der Waals surface area (Å²) in [5.74, 6) is 0.523. The van der Waals surface area contributed by atoms with Gasteiger partial charge >= 0.3 is 0 Å². The lowest BCUT2D eigenvalue weighted by Crippen LogP contribution is -2.55. The van der Waals surface area contributed by atoms with Gasteiger partial charge in [0.1, 0.15) is 32.0 Å². The van der Waals surface area contributed by atoms with E-state index < -0.39 is 0 Å². The van der Waals surface area contributed by atoms with Crippen molar-refractivity contribution in [2.75, 3.05) is 46.6 Å². The molecule has 3 aromatic rings. The molecule has 7 heteroatoms. The Hall–Kier alpha value is -3.52. The lowest BCUT2D eigenvalue weighted by atomic mass is 9.95. The molecular weight excluding hydrogens is 432 g/mol. The van der Waals surface area contributed by atoms with Crippen LogP contribution in [-0.2, 0) is 9.57 Å². The largest absolute Gasteiger partial charge is 0.619 e. The van der Waals surface area contributed by atoms with Crippen LogP contribution in [0.3, 0.4) is 0 Å². The van der Waals surface area contributed by atoms with Gasteiger partial charge in [-0.05, 0) is 35.4 Å². The van der Waals surface area contributed by atoms with Crippen LogP contribution in [0.5, 0.6) is 5.75 Å². The molecule has 0 radical (unpaired) electrons. The van der Waals surface area contributed by atoms with Gasteiger partial charge in [0, 0.05) is 22.8 Å². The molecule has 0 amide bonds. The molecule has 5 rings (SSSR count). The molecule has 2 aromatic carbocycles. The number of hydrogen-bond acceptors (Lipinski definition) is 5. The third-order valence-corrected chi connectivity index (χ3v) is 6.55. The molecule has 7 nitrogen and oxygen atoms in total. The molecule has 2 aliphatic rings. The van der Waals surface area contributed by atoms with Gasteiger partial charge < -0.3 is 14.7 Å². The van der Waals surface area contributed by atoms with Crippen LogP contribution >= 0.6 is 0 Å². The van der Waals surface area contributed by atoms with Gasteiger partial charge in [-0.25, -0.2) is 4.84 Å². The van der Waals surface area contributed by atoms with Gasteiger partial charge in [-0.15, -0.1) is 0 Å². The monoisotopic (exact) mass is 459 g/mol. The van der Waals surface area contributed by atoms with E-state index in [0.29, 0.717) is 53.5 Å². The minimum atomic E-state index is -0.112. The van der Waals surface area contributed by atoms with Crippen molar-refractivity contribution in [3.8, 4) is 5.75 Å². The van der Waals surface area contributed by atoms with Crippen LogP contribution in [0.2, 0.25) is 0 Å². The third kappa shape index (κ3) is 4.21. The lowest BCUT2D eigenvalue weighted by molar-refractivity contribution is -1.11. The minimum absolute atomic E-state index is 0.112. The third-order valence-electron chi connectivity index (χ3n) is 6.55. The molecule has 2 heterocycles. The number of hydrogen-bond donors (Lipinski definition) is 0. The van der Waals surface area contributed by atoms with Crippen molar-refractivity contribution in [3.63, 3.8) is 0 Å². The molecule has 0 unspecified atom stereocenters. The first-order valence-electron chi connectivity index (χ1n) is 11.4. The molecule has 1 saturated heterocycles. The van der Waals surface area contributed by atoms with Gasteiger partial charge in [0.25, 0.3) is 0 Å². The van der Waals surface area contributed by atoms with Crippen molar-refractivity contribution in [2.24, 2.45) is 0 Å². The number of aromatic nitrogens is 1. The molecule has 1 aliphatic carbocycles. The number of carbonyl (C=O) groups is 1. The predicted octanol–water partition coefficient (Wildman–Crippen LogP) is 3.26. The number of pyridine rings is 1. The standard InChI is InChI=1S/C27H27N2O5/c1-32-29(12-15-33-16-13-29)14-17-34-22-9-10-23-24(18-22)27(30)26(21-8-5-11-28(31)19-21)25(23)20-6-3-2-4-7-20/h2-11,18-19H,12-17H2,1H3/q+1. The van der Waals surface area contributed by atoms with E-state index in [0.717, 1.165) is 34.5 Å². The topological polar surface area (TPSA) is 71.7 Å². The SMILES string of the molecule is CO[N+]1(CCOc2ccc3c(c2)C(=O)C(c2ccc[n+]([O-])c2)=C3c2ccccc2)CCOCC1. The Morgan fingerprint density at radius 3 is 2.47 bits per heavy atom. The summed E-state index contributed by atoms with van der Waals surface area (Å²) in [4.78, 5) is 19.3. The molecule has 1 aliphatic heterocycles. The molecule has 1 fully saturated rings. The summed E-state index contributed by atoms with van der Waals surface area (Å²) in [5.41, 5.74) is 4.30. The maximum absolute atomic E-state index is 13.6. The van der Waals surface area contributed by atoms with Crippen LogP contribution in [0, 0.1) is 5.21 Å². The van der Waals surface area contributed by atoms with Crippen molar-refractivity contribution in [1.82, 2.24) is 0 Å². The number of quaternary nitrogens is 1. The Morgan fingerprint density at radius 1 is 0.971 bits per heavy atom. The number of benzene rings is 2. The van der Waals surface area contributed by atoms with E-state index in [2.05, 4.69) is 0 Å². The molecule has 34 heavy (non-hydrogen) atoms. The first-order chi connectivity index (χ1) is 16.6. The van der Waals surface area contributed by atoms with Gasteiger partial charge in [-0.1, -0.05) is 30.3 Å². The number of carbonyl (C=O) groups excluding carboxylic acids is 1. The Bertz CT molecular complexity index is 1230. The van der Waals surface area contributed by atoms with Gasteiger partial charge in [-0.2, -0.15) is 9.38 Å². The summed E-state index contributed by atoms with van der Waals surface area (Å²) in [6.07, 6.45) is 2.85. The fourth-order valence-electron chi connectivity index (χ4n) is 4.69. The molecule has 0 atom stereocenters. The maximum Gasteiger partial charge on any atom is 0.195 e. The molecule has 0 saturated carbocycles. The van der Waals surface area contributed by atoms with E-state index in [4.69, 9.17) is 14.3 Å². The summed E-state index contributed by atoms with van der Waals surface area (Å²) in [5, 5.41) is 12.0. The highest BCUT2D eigenvalue weighted by molar-refractivity contribution is 6.41. The first-order valence-corrected chi connectivity index (χ1v) is 11.4. The zero-order chi connectivity index (χ0) is 23.5. The van der Waals surface area contributed by atoms with Gasteiger partial charge in [0.05, 0.1) is 25.9 Å². The van der Waals surface area contributed by atoms with Gasteiger partial charge in [0.15, 0.2) is 18.2 Å². The highest BCUT2D eigenvalue weighted by Crippen LogP contribution is 2.43. The van der Waals surface area contributed by atoms with E-state index in [-0.39, 0.29) is 5.78 Å². The maximum atomic E-state index is 13.6. The molecule has 0 bridgehead atoms. The predicted molar refractivity (Wildman–Crippen MR) is 127 cm³/mol. The Morgan fingerprint density at radius 2 is 1.74 bits per heavy atom. The Labute approximate surface area is 198 Å². The Kier molecular flexibility index (Phi) is 6.15. The number of allylic oxidation sites excluding steroid dienone is 1.